The van der Waals surface area contributed by atoms with Gasteiger partial charge in [-0.15, -0.1) is 24.0 Å². The number of nitrogens with zero attached hydrogens (tertiary/aromatic N) is 3. The Balaban J connectivity index is 0.00000341. The van der Waals surface area contributed by atoms with Gasteiger partial charge in [0.2, 0.25) is 10.0 Å². The minimum absolute atomic E-state index is 0. The summed E-state index contributed by atoms with van der Waals surface area (Å²) >= 11 is 0. The van der Waals surface area contributed by atoms with Crippen molar-refractivity contribution in [3.63, 3.8) is 0 Å². The van der Waals surface area contributed by atoms with Crippen LogP contribution in [0.3, 0.4) is 0 Å². The number of hydrogen-bond donors (Lipinski definition) is 2. The van der Waals surface area contributed by atoms with Gasteiger partial charge in [0, 0.05) is 46.3 Å². The van der Waals surface area contributed by atoms with Gasteiger partial charge in [0.15, 0.2) is 5.96 Å². The molecule has 1 fully saturated rings. The maximum absolute atomic E-state index is 11.8. The van der Waals surface area contributed by atoms with E-state index in [-0.39, 0.29) is 29.7 Å². The summed E-state index contributed by atoms with van der Waals surface area (Å²) in [6.45, 7) is 5.41. The van der Waals surface area contributed by atoms with Crippen LogP contribution < -0.4 is 10.0 Å². The molecule has 0 amide bonds. The van der Waals surface area contributed by atoms with E-state index in [9.17, 15) is 8.42 Å². The minimum atomic E-state index is -3.28. The van der Waals surface area contributed by atoms with Crippen LogP contribution in [0.2, 0.25) is 0 Å². The summed E-state index contributed by atoms with van der Waals surface area (Å²) in [5.74, 6) is 0.859. The fourth-order valence-electron chi connectivity index (χ4n) is 3.59. The number of benzene rings is 2. The van der Waals surface area contributed by atoms with Crippen molar-refractivity contribution in [1.82, 2.24) is 19.8 Å². The molecule has 0 aromatic heterocycles. The van der Waals surface area contributed by atoms with E-state index in [1.807, 2.05) is 30.3 Å². The van der Waals surface area contributed by atoms with Crippen LogP contribution in [0, 0.1) is 0 Å². The van der Waals surface area contributed by atoms with Crippen LogP contribution in [0.4, 0.5) is 0 Å². The highest BCUT2D eigenvalue weighted by molar-refractivity contribution is 14.0. The van der Waals surface area contributed by atoms with Crippen LogP contribution >= 0.6 is 24.0 Å². The maximum Gasteiger partial charge on any atom is 0.215 e. The third-order valence-electron chi connectivity index (χ3n) is 5.24. The molecule has 0 saturated carbocycles. The molecule has 0 unspecified atom stereocenters. The third-order valence-corrected chi connectivity index (χ3v) is 6.58. The van der Waals surface area contributed by atoms with E-state index in [4.69, 9.17) is 0 Å². The van der Waals surface area contributed by atoms with Gasteiger partial charge in [-0.05, 0) is 23.7 Å². The van der Waals surface area contributed by atoms with Crippen LogP contribution in [0.15, 0.2) is 59.6 Å². The van der Waals surface area contributed by atoms with Crippen molar-refractivity contribution in [2.45, 2.75) is 18.8 Å². The van der Waals surface area contributed by atoms with Crippen molar-refractivity contribution in [2.24, 2.45) is 4.99 Å². The molecule has 0 radical (unpaired) electrons. The van der Waals surface area contributed by atoms with Crippen molar-refractivity contribution in [1.29, 1.82) is 0 Å². The van der Waals surface area contributed by atoms with E-state index in [2.05, 4.69) is 49.1 Å². The van der Waals surface area contributed by atoms with Crippen LogP contribution in [-0.4, -0.2) is 64.5 Å². The summed E-state index contributed by atoms with van der Waals surface area (Å²) in [5.41, 5.74) is 3.14. The lowest BCUT2D eigenvalue weighted by Crippen LogP contribution is -2.52. The summed E-state index contributed by atoms with van der Waals surface area (Å²) in [7, 11) is -0.0423. The van der Waals surface area contributed by atoms with Crippen LogP contribution in [0.25, 0.3) is 0 Å². The van der Waals surface area contributed by atoms with Crippen molar-refractivity contribution < 1.29 is 8.42 Å². The van der Waals surface area contributed by atoms with E-state index >= 15 is 0 Å². The lowest BCUT2D eigenvalue weighted by molar-refractivity contribution is 0.172. The highest BCUT2D eigenvalue weighted by Gasteiger charge is 2.19. The highest BCUT2D eigenvalue weighted by atomic mass is 127. The fourth-order valence-corrected chi connectivity index (χ4v) is 4.36. The normalized spacial score (nSPS) is 15.4. The Bertz CT molecular complexity index is 945. The molecule has 3 rings (SSSR count). The van der Waals surface area contributed by atoms with E-state index < -0.39 is 10.0 Å². The van der Waals surface area contributed by atoms with E-state index in [1.54, 1.807) is 7.05 Å². The number of guanidine groups is 1. The van der Waals surface area contributed by atoms with Crippen LogP contribution in [-0.2, 0) is 28.9 Å². The van der Waals surface area contributed by atoms with Crippen LogP contribution in [0.5, 0.6) is 0 Å². The molecule has 0 bridgehead atoms. The topological polar surface area (TPSA) is 77.0 Å². The third kappa shape index (κ3) is 8.06. The van der Waals surface area contributed by atoms with Gasteiger partial charge >= 0.3 is 0 Å². The zero-order valence-electron chi connectivity index (χ0n) is 18.1. The largest absolute Gasteiger partial charge is 0.352 e. The second kappa shape index (κ2) is 12.4. The first-order chi connectivity index (χ1) is 14.5. The summed E-state index contributed by atoms with van der Waals surface area (Å²) < 4.78 is 25.9. The molecule has 2 aromatic rings. The molecule has 31 heavy (non-hydrogen) atoms. The molecule has 0 spiro atoms. The van der Waals surface area contributed by atoms with Crippen LogP contribution in [0.1, 0.15) is 16.7 Å². The Kier molecular flexibility index (Phi) is 10.2. The number of aliphatic imine (C=N–C) groups is 1. The number of nitrogens with one attached hydrogen (secondary N) is 2. The van der Waals surface area contributed by atoms with Gasteiger partial charge in [-0.2, -0.15) is 0 Å². The number of halogens is 1. The molecule has 1 heterocycles. The molecule has 2 N–H and O–H groups in total. The Morgan fingerprint density at radius 3 is 2.26 bits per heavy atom. The second-order valence-corrected chi connectivity index (χ2v) is 9.36. The monoisotopic (exact) mass is 557 g/mol. The van der Waals surface area contributed by atoms with E-state index in [0.29, 0.717) is 6.54 Å². The highest BCUT2D eigenvalue weighted by Crippen LogP contribution is 2.11. The standard InChI is InChI=1S/C22H31N5O2S.HI/c1-23-22(25-16-20-9-6-10-21(15-20)18-30(28,29)24-2)27-13-11-26(12-14-27)17-19-7-4-3-5-8-19;/h3-10,15,24H,11-14,16-18H2,1-2H3,(H,23,25);1H. The Labute approximate surface area is 203 Å². The van der Waals surface area contributed by atoms with Gasteiger partial charge in [0.05, 0.1) is 5.75 Å². The molecular formula is C22H32IN5O2S. The zero-order chi connectivity index (χ0) is 21.4. The molecule has 1 aliphatic heterocycles. The van der Waals surface area contributed by atoms with Gasteiger partial charge in [-0.1, -0.05) is 54.6 Å². The van der Waals surface area contributed by atoms with Gasteiger partial charge in [-0.3, -0.25) is 9.89 Å². The molecule has 2 aromatic carbocycles. The van der Waals surface area contributed by atoms with Crippen molar-refractivity contribution in [2.75, 3.05) is 40.3 Å². The average molecular weight is 558 g/mol. The first-order valence-corrected chi connectivity index (χ1v) is 11.9. The smallest absolute Gasteiger partial charge is 0.215 e. The number of hydrogen-bond acceptors (Lipinski definition) is 4. The Hall–Kier alpha value is -1.69. The molecule has 1 aliphatic rings. The predicted molar refractivity (Wildman–Crippen MR) is 137 cm³/mol. The van der Waals surface area contributed by atoms with Gasteiger partial charge < -0.3 is 10.2 Å². The average Bonchev–Trinajstić information content (AvgIpc) is 2.76. The van der Waals surface area contributed by atoms with Gasteiger partial charge in [0.25, 0.3) is 0 Å². The molecule has 1 saturated heterocycles. The Morgan fingerprint density at radius 1 is 0.968 bits per heavy atom. The lowest BCUT2D eigenvalue weighted by atomic mass is 10.1. The number of piperazine rings is 1. The lowest BCUT2D eigenvalue weighted by Gasteiger charge is -2.36. The van der Waals surface area contributed by atoms with Crippen molar-refractivity contribution >= 4 is 40.0 Å². The second-order valence-electron chi connectivity index (χ2n) is 7.43. The number of rotatable bonds is 7. The SMILES string of the molecule is CN=C(NCc1cccc(CS(=O)(=O)NC)c1)N1CCN(Cc2ccccc2)CC1.I. The zero-order valence-corrected chi connectivity index (χ0v) is 21.3. The summed E-state index contributed by atoms with van der Waals surface area (Å²) in [4.78, 5) is 9.18. The van der Waals surface area contributed by atoms with E-state index in [1.165, 1.54) is 12.6 Å². The first-order valence-electron chi connectivity index (χ1n) is 10.2. The first kappa shape index (κ1) is 25.6. The molecule has 170 valence electrons. The van der Waals surface area contributed by atoms with Gasteiger partial charge in [-0.25, -0.2) is 13.1 Å². The molecule has 0 aliphatic carbocycles. The quantitative estimate of drug-likeness (QED) is 0.311. The maximum atomic E-state index is 11.8. The van der Waals surface area contributed by atoms with Crippen molar-refractivity contribution in [3.8, 4) is 0 Å². The molecule has 7 nitrogen and oxygen atoms in total. The summed E-state index contributed by atoms with van der Waals surface area (Å²) in [6.07, 6.45) is 0. The number of sulfonamides is 1. The predicted octanol–water partition coefficient (Wildman–Crippen LogP) is 2.25. The van der Waals surface area contributed by atoms with Gasteiger partial charge in [0.1, 0.15) is 0 Å². The van der Waals surface area contributed by atoms with E-state index in [0.717, 1.165) is 49.8 Å². The molecule has 9 heteroatoms. The Morgan fingerprint density at radius 2 is 1.61 bits per heavy atom. The fraction of sp³-hybridized carbons (Fsp3) is 0.409. The minimum Gasteiger partial charge on any atom is -0.352 e. The molecular weight excluding hydrogens is 525 g/mol. The summed E-state index contributed by atoms with van der Waals surface area (Å²) in [5, 5.41) is 3.42. The van der Waals surface area contributed by atoms with Crippen molar-refractivity contribution in [3.05, 3.63) is 71.3 Å². The molecule has 0 atom stereocenters. The summed E-state index contributed by atoms with van der Waals surface area (Å²) in [6, 6.07) is 18.2.